The van der Waals surface area contributed by atoms with E-state index in [2.05, 4.69) is 5.32 Å². The molecule has 0 radical (unpaired) electrons. The monoisotopic (exact) mass is 240 g/mol. The van der Waals surface area contributed by atoms with Crippen molar-refractivity contribution in [3.63, 3.8) is 0 Å². The lowest BCUT2D eigenvalue weighted by molar-refractivity contribution is -0.387. The number of benzene rings is 1. The van der Waals surface area contributed by atoms with Gasteiger partial charge in [-0.15, -0.1) is 0 Å². The number of hydrogen-bond acceptors (Lipinski definition) is 4. The molecule has 1 aliphatic heterocycles. The third-order valence-electron chi connectivity index (χ3n) is 2.73. The molecule has 0 aliphatic carbocycles. The molecular formula is C11H13FN2O3. The maximum Gasteiger partial charge on any atom is 0.304 e. The van der Waals surface area contributed by atoms with Crippen LogP contribution in [0.15, 0.2) is 18.2 Å². The van der Waals surface area contributed by atoms with E-state index in [0.717, 1.165) is 13.0 Å². The molecule has 0 aromatic heterocycles. The molecule has 1 N–H and O–H groups in total. The van der Waals surface area contributed by atoms with Crippen molar-refractivity contribution in [2.45, 2.75) is 19.0 Å². The summed E-state index contributed by atoms with van der Waals surface area (Å²) in [6.07, 6.45) is 0.940. The third kappa shape index (κ3) is 2.98. The van der Waals surface area contributed by atoms with Gasteiger partial charge < -0.3 is 10.1 Å². The van der Waals surface area contributed by atoms with Crippen molar-refractivity contribution in [2.75, 3.05) is 13.2 Å². The van der Waals surface area contributed by atoms with Gasteiger partial charge >= 0.3 is 5.69 Å². The number of nitro groups is 1. The second-order valence-electron chi connectivity index (χ2n) is 3.98. The van der Waals surface area contributed by atoms with Gasteiger partial charge in [0, 0.05) is 25.3 Å². The molecule has 1 saturated heterocycles. The summed E-state index contributed by atoms with van der Waals surface area (Å²) in [6, 6.07) is 4.23. The molecule has 1 aromatic rings. The molecule has 1 atom stereocenters. The predicted octanol–water partition coefficient (Wildman–Crippen LogP) is 1.61. The number of nitrogens with zero attached hydrogens (tertiary/aromatic N) is 1. The van der Waals surface area contributed by atoms with E-state index < -0.39 is 16.4 Å². The van der Waals surface area contributed by atoms with Crippen molar-refractivity contribution in [2.24, 2.45) is 0 Å². The highest BCUT2D eigenvalue weighted by Gasteiger charge is 2.16. The molecule has 0 saturated carbocycles. The molecule has 1 unspecified atom stereocenters. The smallest absolute Gasteiger partial charge is 0.304 e. The lowest BCUT2D eigenvalue weighted by Gasteiger charge is -2.10. The Bertz CT molecular complexity index is 419. The number of rotatable bonds is 4. The molecule has 17 heavy (non-hydrogen) atoms. The highest BCUT2D eigenvalue weighted by atomic mass is 19.1. The van der Waals surface area contributed by atoms with E-state index in [1.54, 1.807) is 6.07 Å². The Balaban J connectivity index is 1.97. The van der Waals surface area contributed by atoms with Gasteiger partial charge in [0.25, 0.3) is 0 Å². The molecule has 6 heteroatoms. The highest BCUT2D eigenvalue weighted by molar-refractivity contribution is 5.34. The number of nitrogens with one attached hydrogen (secondary N) is 1. The minimum absolute atomic E-state index is 0.285. The number of nitro benzene ring substituents is 1. The van der Waals surface area contributed by atoms with Crippen LogP contribution in [0.1, 0.15) is 12.0 Å². The van der Waals surface area contributed by atoms with Gasteiger partial charge in [-0.25, -0.2) is 0 Å². The largest absolute Gasteiger partial charge is 0.380 e. The van der Waals surface area contributed by atoms with Crippen molar-refractivity contribution in [3.05, 3.63) is 39.7 Å². The summed E-state index contributed by atoms with van der Waals surface area (Å²) >= 11 is 0. The van der Waals surface area contributed by atoms with E-state index in [1.807, 2.05) is 0 Å². The molecule has 0 amide bonds. The fourth-order valence-corrected chi connectivity index (χ4v) is 1.77. The zero-order valence-electron chi connectivity index (χ0n) is 9.19. The van der Waals surface area contributed by atoms with E-state index in [4.69, 9.17) is 4.74 Å². The Kier molecular flexibility index (Phi) is 3.65. The Labute approximate surface area is 97.7 Å². The van der Waals surface area contributed by atoms with E-state index in [0.29, 0.717) is 18.7 Å². The van der Waals surface area contributed by atoms with Gasteiger partial charge in [-0.2, -0.15) is 4.39 Å². The molecule has 2 rings (SSSR count). The predicted molar refractivity (Wildman–Crippen MR) is 59.1 cm³/mol. The van der Waals surface area contributed by atoms with E-state index in [9.17, 15) is 14.5 Å². The van der Waals surface area contributed by atoms with Gasteiger partial charge in [0.2, 0.25) is 5.82 Å². The highest BCUT2D eigenvalue weighted by Crippen LogP contribution is 2.18. The van der Waals surface area contributed by atoms with Crippen LogP contribution in [0.2, 0.25) is 0 Å². The first-order chi connectivity index (χ1) is 8.16. The summed E-state index contributed by atoms with van der Waals surface area (Å²) in [6.45, 7) is 1.89. The molecule has 1 heterocycles. The summed E-state index contributed by atoms with van der Waals surface area (Å²) in [4.78, 5) is 9.71. The van der Waals surface area contributed by atoms with Crippen LogP contribution < -0.4 is 5.32 Å². The first-order valence-corrected chi connectivity index (χ1v) is 5.41. The topological polar surface area (TPSA) is 64.4 Å². The molecule has 1 aliphatic rings. The summed E-state index contributed by atoms with van der Waals surface area (Å²) in [5.74, 6) is -0.794. The summed E-state index contributed by atoms with van der Waals surface area (Å²) in [5.41, 5.74) is 0.206. The molecule has 1 aromatic carbocycles. The zero-order valence-corrected chi connectivity index (χ0v) is 9.19. The maximum absolute atomic E-state index is 13.3. The summed E-state index contributed by atoms with van der Waals surface area (Å²) < 4.78 is 18.5. The first kappa shape index (κ1) is 11.9. The Morgan fingerprint density at radius 3 is 3.00 bits per heavy atom. The quantitative estimate of drug-likeness (QED) is 0.641. The van der Waals surface area contributed by atoms with Crippen LogP contribution in [-0.2, 0) is 11.3 Å². The van der Waals surface area contributed by atoms with Gasteiger partial charge in [0.1, 0.15) is 0 Å². The van der Waals surface area contributed by atoms with Crippen molar-refractivity contribution < 1.29 is 14.1 Å². The Morgan fingerprint density at radius 1 is 1.59 bits per heavy atom. The molecular weight excluding hydrogens is 227 g/mol. The maximum atomic E-state index is 13.3. The zero-order chi connectivity index (χ0) is 12.3. The lowest BCUT2D eigenvalue weighted by atomic mass is 10.1. The van der Waals surface area contributed by atoms with E-state index >= 15 is 0 Å². The minimum Gasteiger partial charge on any atom is -0.380 e. The van der Waals surface area contributed by atoms with Crippen LogP contribution >= 0.6 is 0 Å². The molecule has 0 bridgehead atoms. The van der Waals surface area contributed by atoms with Gasteiger partial charge in [0.15, 0.2) is 0 Å². The molecule has 5 nitrogen and oxygen atoms in total. The lowest BCUT2D eigenvalue weighted by Crippen LogP contribution is -2.28. The third-order valence-corrected chi connectivity index (χ3v) is 2.73. The van der Waals surface area contributed by atoms with Gasteiger partial charge in [-0.1, -0.05) is 6.07 Å². The van der Waals surface area contributed by atoms with Gasteiger partial charge in [-0.3, -0.25) is 10.1 Å². The van der Waals surface area contributed by atoms with Gasteiger partial charge in [-0.05, 0) is 18.1 Å². The molecule has 1 fully saturated rings. The van der Waals surface area contributed by atoms with Crippen molar-refractivity contribution in [1.82, 2.24) is 5.32 Å². The SMILES string of the molecule is O=[N+]([O-])c1ccc(CNC2CCOC2)cc1F. The second kappa shape index (κ2) is 5.20. The van der Waals surface area contributed by atoms with E-state index in [1.165, 1.54) is 12.1 Å². The average molecular weight is 240 g/mol. The van der Waals surface area contributed by atoms with E-state index in [-0.39, 0.29) is 6.04 Å². The summed E-state index contributed by atoms with van der Waals surface area (Å²) in [7, 11) is 0. The fourth-order valence-electron chi connectivity index (χ4n) is 1.77. The van der Waals surface area contributed by atoms with Crippen molar-refractivity contribution in [1.29, 1.82) is 0 Å². The summed E-state index contributed by atoms with van der Waals surface area (Å²) in [5, 5.41) is 13.6. The fraction of sp³-hybridized carbons (Fsp3) is 0.455. The first-order valence-electron chi connectivity index (χ1n) is 5.41. The second-order valence-corrected chi connectivity index (χ2v) is 3.98. The number of ether oxygens (including phenoxy) is 1. The van der Waals surface area contributed by atoms with Crippen LogP contribution in [0, 0.1) is 15.9 Å². The Morgan fingerprint density at radius 2 is 2.41 bits per heavy atom. The number of halogens is 1. The Hall–Kier alpha value is -1.53. The molecule has 0 spiro atoms. The normalized spacial score (nSPS) is 19.5. The van der Waals surface area contributed by atoms with Crippen LogP contribution in [0.5, 0.6) is 0 Å². The number of hydrogen-bond donors (Lipinski definition) is 1. The van der Waals surface area contributed by atoms with Crippen LogP contribution in [0.4, 0.5) is 10.1 Å². The average Bonchev–Trinajstić information content (AvgIpc) is 2.78. The van der Waals surface area contributed by atoms with Crippen LogP contribution in [0.3, 0.4) is 0 Å². The van der Waals surface area contributed by atoms with Gasteiger partial charge in [0.05, 0.1) is 11.5 Å². The molecule has 92 valence electrons. The van der Waals surface area contributed by atoms with Crippen LogP contribution in [-0.4, -0.2) is 24.2 Å². The van der Waals surface area contributed by atoms with Crippen molar-refractivity contribution in [3.8, 4) is 0 Å². The minimum atomic E-state index is -0.794. The van der Waals surface area contributed by atoms with Crippen molar-refractivity contribution >= 4 is 5.69 Å². The van der Waals surface area contributed by atoms with Crippen LogP contribution in [0.25, 0.3) is 0 Å². The standard InChI is InChI=1S/C11H13FN2O3/c12-10-5-8(1-2-11(10)14(15)16)6-13-9-3-4-17-7-9/h1-2,5,9,13H,3-4,6-7H2.